The maximum atomic E-state index is 13.3. The summed E-state index contributed by atoms with van der Waals surface area (Å²) in [7, 11) is -4.03. The monoisotopic (exact) mass is 387 g/mol. The summed E-state index contributed by atoms with van der Waals surface area (Å²) in [6, 6.07) is 17.5. The number of rotatable bonds is 7. The first kappa shape index (κ1) is 18.4. The molecule has 0 saturated carbocycles. The Kier molecular flexibility index (Phi) is 5.57. The molecule has 7 heteroatoms. The van der Waals surface area contributed by atoms with E-state index in [0.29, 0.717) is 16.8 Å². The molecule has 2 aromatic carbocycles. The number of anilines is 1. The van der Waals surface area contributed by atoms with Crippen LogP contribution in [0.25, 0.3) is 0 Å². The normalized spacial score (nSPS) is 14.3. The molecule has 0 aliphatic carbocycles. The van der Waals surface area contributed by atoms with Crippen LogP contribution >= 0.6 is 18.9 Å². The lowest BCUT2D eigenvalue weighted by Crippen LogP contribution is -2.32. The molecule has 0 aliphatic heterocycles. The van der Waals surface area contributed by atoms with Crippen LogP contribution in [0.4, 0.5) is 5.69 Å². The molecule has 0 aliphatic rings. The SMILES string of the molecule is O=C(O)C(c1ccccc1)N(c1ccccc1)P(=O)(O)Cc1ccsc1. The van der Waals surface area contributed by atoms with Gasteiger partial charge in [-0.05, 0) is 40.1 Å². The molecule has 2 unspecified atom stereocenters. The number of hydrogen-bond donors (Lipinski definition) is 2. The second kappa shape index (κ2) is 7.87. The van der Waals surface area contributed by atoms with E-state index in [1.54, 1.807) is 72.1 Å². The molecule has 3 aromatic rings. The minimum atomic E-state index is -4.03. The zero-order valence-corrected chi connectivity index (χ0v) is 15.5. The van der Waals surface area contributed by atoms with Gasteiger partial charge in [-0.2, -0.15) is 11.3 Å². The number of thiophene rings is 1. The molecule has 26 heavy (non-hydrogen) atoms. The van der Waals surface area contributed by atoms with Crippen molar-refractivity contribution in [2.75, 3.05) is 4.67 Å². The molecule has 3 rings (SSSR count). The number of carboxylic acids is 1. The minimum Gasteiger partial charge on any atom is -0.479 e. The van der Waals surface area contributed by atoms with Gasteiger partial charge in [-0.3, -0.25) is 9.24 Å². The minimum absolute atomic E-state index is 0.123. The van der Waals surface area contributed by atoms with Gasteiger partial charge in [0.2, 0.25) is 0 Å². The third-order valence-corrected chi connectivity index (χ3v) is 6.56. The molecule has 0 radical (unpaired) electrons. The lowest BCUT2D eigenvalue weighted by molar-refractivity contribution is -0.138. The van der Waals surface area contributed by atoms with Crippen LogP contribution in [0.5, 0.6) is 0 Å². The number of nitrogens with zero attached hydrogens (tertiary/aromatic N) is 1. The van der Waals surface area contributed by atoms with Crippen LogP contribution in [-0.4, -0.2) is 16.0 Å². The van der Waals surface area contributed by atoms with E-state index in [0.717, 1.165) is 4.67 Å². The summed E-state index contributed by atoms with van der Waals surface area (Å²) in [5, 5.41) is 13.5. The topological polar surface area (TPSA) is 77.8 Å². The lowest BCUT2D eigenvalue weighted by atomic mass is 10.1. The molecular formula is C19H18NO4PS. The molecule has 0 saturated heterocycles. The Labute approximate surface area is 155 Å². The van der Waals surface area contributed by atoms with E-state index in [1.807, 2.05) is 5.38 Å². The molecule has 1 heterocycles. The van der Waals surface area contributed by atoms with E-state index in [1.165, 1.54) is 11.3 Å². The first-order valence-corrected chi connectivity index (χ1v) is 10.7. The molecule has 0 spiro atoms. The summed E-state index contributed by atoms with van der Waals surface area (Å²) in [5.41, 5.74) is 1.55. The second-order valence-electron chi connectivity index (χ2n) is 5.79. The average molecular weight is 387 g/mol. The first-order valence-electron chi connectivity index (χ1n) is 7.94. The molecule has 5 nitrogen and oxygen atoms in total. The van der Waals surface area contributed by atoms with Crippen LogP contribution in [0, 0.1) is 0 Å². The summed E-state index contributed by atoms with van der Waals surface area (Å²) >= 11 is 1.43. The van der Waals surface area contributed by atoms with Crippen LogP contribution in [0.15, 0.2) is 77.5 Å². The van der Waals surface area contributed by atoms with Crippen molar-refractivity contribution in [1.29, 1.82) is 0 Å². The Hall–Kier alpha value is -2.40. The van der Waals surface area contributed by atoms with Crippen molar-refractivity contribution in [1.82, 2.24) is 0 Å². The van der Waals surface area contributed by atoms with Crippen molar-refractivity contribution in [2.45, 2.75) is 12.2 Å². The van der Waals surface area contributed by atoms with Gasteiger partial charge in [0.1, 0.15) is 0 Å². The van der Waals surface area contributed by atoms with E-state index in [9.17, 15) is 19.4 Å². The number of para-hydroxylation sites is 1. The molecule has 0 fully saturated rings. The molecule has 2 N–H and O–H groups in total. The summed E-state index contributed by atoms with van der Waals surface area (Å²) < 4.78 is 14.5. The fraction of sp³-hybridized carbons (Fsp3) is 0.105. The van der Waals surface area contributed by atoms with Gasteiger partial charge in [0.05, 0.1) is 6.16 Å². The van der Waals surface area contributed by atoms with Gasteiger partial charge in [-0.15, -0.1) is 0 Å². The second-order valence-corrected chi connectivity index (χ2v) is 8.64. The van der Waals surface area contributed by atoms with Crippen molar-refractivity contribution >= 4 is 30.5 Å². The highest BCUT2D eigenvalue weighted by atomic mass is 32.1. The number of benzene rings is 2. The fourth-order valence-corrected chi connectivity index (χ4v) is 5.52. The van der Waals surface area contributed by atoms with Gasteiger partial charge in [0.25, 0.3) is 7.52 Å². The van der Waals surface area contributed by atoms with E-state index in [-0.39, 0.29) is 6.16 Å². The number of aliphatic carboxylic acids is 1. The zero-order valence-electron chi connectivity index (χ0n) is 13.8. The summed E-state index contributed by atoms with van der Waals surface area (Å²) in [6.07, 6.45) is -0.123. The van der Waals surface area contributed by atoms with Crippen LogP contribution < -0.4 is 4.67 Å². The van der Waals surface area contributed by atoms with Gasteiger partial charge in [-0.1, -0.05) is 48.5 Å². The number of carbonyl (C=O) groups is 1. The quantitative estimate of drug-likeness (QED) is 0.571. The maximum Gasteiger partial charge on any atom is 0.331 e. The predicted octanol–water partition coefficient (Wildman–Crippen LogP) is 4.77. The Balaban J connectivity index is 2.11. The van der Waals surface area contributed by atoms with Crippen molar-refractivity contribution in [3.63, 3.8) is 0 Å². The Morgan fingerprint density at radius 1 is 1.04 bits per heavy atom. The van der Waals surface area contributed by atoms with Crippen LogP contribution in [0.3, 0.4) is 0 Å². The molecule has 134 valence electrons. The number of carboxylic acid groups (broad SMARTS) is 1. The third kappa shape index (κ3) is 4.05. The summed E-state index contributed by atoms with van der Waals surface area (Å²) in [4.78, 5) is 23.0. The van der Waals surface area contributed by atoms with Gasteiger partial charge < -0.3 is 10.00 Å². The molecule has 0 amide bonds. The lowest BCUT2D eigenvalue weighted by Gasteiger charge is -2.34. The average Bonchev–Trinajstić information content (AvgIpc) is 3.12. The van der Waals surface area contributed by atoms with Gasteiger partial charge in [0.15, 0.2) is 6.04 Å². The van der Waals surface area contributed by atoms with Gasteiger partial charge >= 0.3 is 5.97 Å². The van der Waals surface area contributed by atoms with E-state index in [4.69, 9.17) is 0 Å². The van der Waals surface area contributed by atoms with Crippen LogP contribution in [0.2, 0.25) is 0 Å². The largest absolute Gasteiger partial charge is 0.479 e. The molecule has 1 aromatic heterocycles. The van der Waals surface area contributed by atoms with Crippen molar-refractivity contribution in [3.05, 3.63) is 88.6 Å². The third-order valence-electron chi connectivity index (χ3n) is 3.92. The highest BCUT2D eigenvalue weighted by Gasteiger charge is 2.39. The van der Waals surface area contributed by atoms with Gasteiger partial charge in [-0.25, -0.2) is 4.79 Å². The molecule has 0 bridgehead atoms. The Morgan fingerprint density at radius 2 is 1.65 bits per heavy atom. The van der Waals surface area contributed by atoms with E-state index in [2.05, 4.69) is 0 Å². The maximum absolute atomic E-state index is 13.3. The zero-order chi connectivity index (χ0) is 18.6. The van der Waals surface area contributed by atoms with Crippen LogP contribution in [0.1, 0.15) is 17.2 Å². The smallest absolute Gasteiger partial charge is 0.331 e. The summed E-state index contributed by atoms with van der Waals surface area (Å²) in [5.74, 6) is -1.18. The van der Waals surface area contributed by atoms with E-state index < -0.39 is 19.5 Å². The summed E-state index contributed by atoms with van der Waals surface area (Å²) in [6.45, 7) is 0. The van der Waals surface area contributed by atoms with Crippen molar-refractivity contribution in [2.24, 2.45) is 0 Å². The number of hydrogen-bond acceptors (Lipinski definition) is 3. The van der Waals surface area contributed by atoms with E-state index >= 15 is 0 Å². The Morgan fingerprint density at radius 3 is 2.19 bits per heavy atom. The van der Waals surface area contributed by atoms with Gasteiger partial charge in [0, 0.05) is 5.69 Å². The van der Waals surface area contributed by atoms with Crippen LogP contribution in [-0.2, 0) is 15.5 Å². The predicted molar refractivity (Wildman–Crippen MR) is 104 cm³/mol. The highest BCUT2D eigenvalue weighted by Crippen LogP contribution is 2.55. The van der Waals surface area contributed by atoms with Crippen molar-refractivity contribution < 1.29 is 19.4 Å². The highest BCUT2D eigenvalue weighted by molar-refractivity contribution is 7.59. The molecule has 2 atom stereocenters. The molecular weight excluding hydrogens is 369 g/mol. The van der Waals surface area contributed by atoms with Crippen molar-refractivity contribution in [3.8, 4) is 0 Å². The fourth-order valence-electron chi connectivity index (χ4n) is 2.81. The Bertz CT molecular complexity index is 900. The standard InChI is InChI=1S/C19H18NO4PS/c21-19(22)18(16-7-3-1-4-8-16)20(17-9-5-2-6-10-17)25(23,24)13-15-11-12-26-14-15/h1-12,14,18H,13H2,(H,21,22)(H,23,24). The first-order chi connectivity index (χ1) is 12.5.